The zero-order valence-electron chi connectivity index (χ0n) is 14.7. The van der Waals surface area contributed by atoms with Crippen molar-refractivity contribution < 1.29 is 14.3 Å². The van der Waals surface area contributed by atoms with E-state index in [4.69, 9.17) is 9.47 Å². The van der Waals surface area contributed by atoms with Gasteiger partial charge < -0.3 is 14.8 Å². The highest BCUT2D eigenvalue weighted by Gasteiger charge is 2.11. The summed E-state index contributed by atoms with van der Waals surface area (Å²) in [5.41, 5.74) is 2.16. The number of benzene rings is 2. The molecule has 0 saturated carbocycles. The third-order valence-corrected chi connectivity index (χ3v) is 3.90. The van der Waals surface area contributed by atoms with Crippen LogP contribution >= 0.6 is 0 Å². The number of nitrogens with zero attached hydrogens (tertiary/aromatic N) is 3. The molecule has 0 fully saturated rings. The first-order valence-corrected chi connectivity index (χ1v) is 8.17. The Morgan fingerprint density at radius 1 is 1.08 bits per heavy atom. The molecule has 0 saturated heterocycles. The summed E-state index contributed by atoms with van der Waals surface area (Å²) in [5.74, 6) is 1.30. The van der Waals surface area contributed by atoms with Gasteiger partial charge in [-0.3, -0.25) is 4.79 Å². The first-order valence-electron chi connectivity index (χ1n) is 8.17. The minimum Gasteiger partial charge on any atom is -0.497 e. The fraction of sp³-hybridized carbons (Fsp3) is 0.211. The number of nitrogens with one attached hydrogen (secondary N) is 1. The Balaban J connectivity index is 1.57. The van der Waals surface area contributed by atoms with Crippen LogP contribution in [0.3, 0.4) is 0 Å². The van der Waals surface area contributed by atoms with E-state index in [0.29, 0.717) is 13.0 Å². The Morgan fingerprint density at radius 2 is 1.85 bits per heavy atom. The lowest BCUT2D eigenvalue weighted by Crippen LogP contribution is -2.26. The van der Waals surface area contributed by atoms with Crippen molar-refractivity contribution in [2.75, 3.05) is 20.8 Å². The summed E-state index contributed by atoms with van der Waals surface area (Å²) in [7, 11) is 3.24. The predicted molar refractivity (Wildman–Crippen MR) is 96.9 cm³/mol. The Labute approximate surface area is 151 Å². The van der Waals surface area contributed by atoms with Crippen LogP contribution in [0.25, 0.3) is 5.69 Å². The minimum atomic E-state index is -0.257. The standard InChI is InChI=1S/C19H20N4O3/c1-25-16-8-6-15(7-9-16)23-13-18(21-22-23)19(24)20-11-10-14-4-3-5-17(12-14)26-2/h3-9,12-13H,10-11H2,1-2H3,(H,20,24). The first-order chi connectivity index (χ1) is 12.7. The van der Waals surface area contributed by atoms with Gasteiger partial charge in [0, 0.05) is 6.54 Å². The molecule has 3 rings (SSSR count). The summed E-state index contributed by atoms with van der Waals surface area (Å²) in [6.07, 6.45) is 2.30. The summed E-state index contributed by atoms with van der Waals surface area (Å²) >= 11 is 0. The van der Waals surface area contributed by atoms with E-state index >= 15 is 0 Å². The molecule has 134 valence electrons. The van der Waals surface area contributed by atoms with E-state index in [2.05, 4.69) is 15.6 Å². The second kappa shape index (κ2) is 8.15. The molecule has 0 bridgehead atoms. The molecular weight excluding hydrogens is 332 g/mol. The van der Waals surface area contributed by atoms with Gasteiger partial charge in [0.2, 0.25) is 0 Å². The molecular formula is C19H20N4O3. The van der Waals surface area contributed by atoms with Gasteiger partial charge in [-0.15, -0.1) is 5.10 Å². The van der Waals surface area contributed by atoms with E-state index in [1.165, 1.54) is 0 Å². The number of hydrogen-bond donors (Lipinski definition) is 1. The van der Waals surface area contributed by atoms with Gasteiger partial charge in [-0.25, -0.2) is 4.68 Å². The number of hydrogen-bond acceptors (Lipinski definition) is 5. The molecule has 0 unspecified atom stereocenters. The lowest BCUT2D eigenvalue weighted by atomic mass is 10.1. The van der Waals surface area contributed by atoms with Crippen LogP contribution in [0.2, 0.25) is 0 Å². The van der Waals surface area contributed by atoms with Crippen LogP contribution in [0.15, 0.2) is 54.7 Å². The highest BCUT2D eigenvalue weighted by molar-refractivity contribution is 5.91. The molecule has 1 heterocycles. The topological polar surface area (TPSA) is 78.3 Å². The lowest BCUT2D eigenvalue weighted by molar-refractivity contribution is 0.0949. The summed E-state index contributed by atoms with van der Waals surface area (Å²) in [6, 6.07) is 15.1. The van der Waals surface area contributed by atoms with Crippen LogP contribution in [0.5, 0.6) is 11.5 Å². The molecule has 3 aromatic rings. The van der Waals surface area contributed by atoms with Crippen LogP contribution in [0, 0.1) is 0 Å². The van der Waals surface area contributed by atoms with Crippen LogP contribution in [0.4, 0.5) is 0 Å². The van der Waals surface area contributed by atoms with Crippen molar-refractivity contribution in [1.29, 1.82) is 0 Å². The monoisotopic (exact) mass is 352 g/mol. The number of carbonyl (C=O) groups excluding carboxylic acids is 1. The van der Waals surface area contributed by atoms with Crippen molar-refractivity contribution in [3.8, 4) is 17.2 Å². The fourth-order valence-electron chi connectivity index (χ4n) is 2.47. The quantitative estimate of drug-likeness (QED) is 0.706. The van der Waals surface area contributed by atoms with Crippen LogP contribution in [-0.2, 0) is 6.42 Å². The average molecular weight is 352 g/mol. The molecule has 0 aliphatic heterocycles. The van der Waals surface area contributed by atoms with E-state index < -0.39 is 0 Å². The van der Waals surface area contributed by atoms with Crippen molar-refractivity contribution in [3.05, 3.63) is 66.0 Å². The molecule has 26 heavy (non-hydrogen) atoms. The van der Waals surface area contributed by atoms with Crippen LogP contribution < -0.4 is 14.8 Å². The first kappa shape index (κ1) is 17.5. The van der Waals surface area contributed by atoms with E-state index in [1.807, 2.05) is 48.5 Å². The number of rotatable bonds is 7. The maximum atomic E-state index is 12.2. The summed E-state index contributed by atoms with van der Waals surface area (Å²) in [6.45, 7) is 0.501. The average Bonchev–Trinajstić information content (AvgIpc) is 3.18. The molecule has 0 radical (unpaired) electrons. The third-order valence-electron chi connectivity index (χ3n) is 3.90. The molecule has 0 aliphatic rings. The van der Waals surface area contributed by atoms with Gasteiger partial charge in [0.15, 0.2) is 5.69 Å². The Morgan fingerprint density at radius 3 is 2.58 bits per heavy atom. The maximum Gasteiger partial charge on any atom is 0.273 e. The van der Waals surface area contributed by atoms with Crippen molar-refractivity contribution in [2.45, 2.75) is 6.42 Å². The van der Waals surface area contributed by atoms with Gasteiger partial charge in [-0.2, -0.15) is 0 Å². The van der Waals surface area contributed by atoms with Crippen molar-refractivity contribution in [2.24, 2.45) is 0 Å². The number of aromatic nitrogens is 3. The summed E-state index contributed by atoms with van der Waals surface area (Å²) in [5, 5.41) is 10.8. The van der Waals surface area contributed by atoms with Gasteiger partial charge in [0.1, 0.15) is 11.5 Å². The lowest BCUT2D eigenvalue weighted by Gasteiger charge is -2.05. The highest BCUT2D eigenvalue weighted by Crippen LogP contribution is 2.14. The normalized spacial score (nSPS) is 10.4. The fourth-order valence-corrected chi connectivity index (χ4v) is 2.47. The second-order valence-electron chi connectivity index (χ2n) is 5.60. The van der Waals surface area contributed by atoms with E-state index in [-0.39, 0.29) is 11.6 Å². The third kappa shape index (κ3) is 4.18. The number of ether oxygens (including phenoxy) is 2. The number of carbonyl (C=O) groups is 1. The van der Waals surface area contributed by atoms with Crippen molar-refractivity contribution in [1.82, 2.24) is 20.3 Å². The summed E-state index contributed by atoms with van der Waals surface area (Å²) < 4.78 is 11.9. The SMILES string of the molecule is COc1ccc(-n2cc(C(=O)NCCc3cccc(OC)c3)nn2)cc1. The Hall–Kier alpha value is -3.35. The largest absolute Gasteiger partial charge is 0.497 e. The molecule has 1 N–H and O–H groups in total. The van der Waals surface area contributed by atoms with E-state index in [1.54, 1.807) is 25.1 Å². The van der Waals surface area contributed by atoms with Gasteiger partial charge in [-0.1, -0.05) is 17.3 Å². The van der Waals surface area contributed by atoms with Gasteiger partial charge in [0.25, 0.3) is 5.91 Å². The molecule has 1 amide bonds. The molecule has 1 aromatic heterocycles. The van der Waals surface area contributed by atoms with Gasteiger partial charge in [0.05, 0.1) is 26.1 Å². The van der Waals surface area contributed by atoms with Crippen LogP contribution in [0.1, 0.15) is 16.1 Å². The molecule has 0 spiro atoms. The van der Waals surface area contributed by atoms with E-state index in [9.17, 15) is 4.79 Å². The predicted octanol–water partition coefficient (Wildman–Crippen LogP) is 2.26. The molecule has 2 aromatic carbocycles. The Bertz CT molecular complexity index is 875. The van der Waals surface area contributed by atoms with Gasteiger partial charge >= 0.3 is 0 Å². The van der Waals surface area contributed by atoms with Gasteiger partial charge in [-0.05, 0) is 48.4 Å². The molecule has 7 nitrogen and oxygen atoms in total. The molecule has 0 atom stereocenters. The summed E-state index contributed by atoms with van der Waals surface area (Å²) in [4.78, 5) is 12.2. The molecule has 7 heteroatoms. The van der Waals surface area contributed by atoms with E-state index in [0.717, 1.165) is 22.7 Å². The smallest absolute Gasteiger partial charge is 0.273 e. The van der Waals surface area contributed by atoms with Crippen molar-refractivity contribution in [3.63, 3.8) is 0 Å². The zero-order chi connectivity index (χ0) is 18.4. The number of methoxy groups -OCH3 is 2. The number of amides is 1. The van der Waals surface area contributed by atoms with Crippen molar-refractivity contribution >= 4 is 5.91 Å². The zero-order valence-corrected chi connectivity index (χ0v) is 14.7. The molecule has 0 aliphatic carbocycles. The minimum absolute atomic E-state index is 0.257. The second-order valence-corrected chi connectivity index (χ2v) is 5.60. The van der Waals surface area contributed by atoms with Crippen LogP contribution in [-0.4, -0.2) is 41.7 Å². The Kier molecular flexibility index (Phi) is 5.48. The maximum absolute atomic E-state index is 12.2. The highest BCUT2D eigenvalue weighted by atomic mass is 16.5.